The molecule has 1 rings (SSSR count). The van der Waals surface area contributed by atoms with Gasteiger partial charge in [0.05, 0.1) is 5.57 Å². The van der Waals surface area contributed by atoms with Crippen LogP contribution in [0.25, 0.3) is 0 Å². The van der Waals surface area contributed by atoms with Crippen LogP contribution >= 0.6 is 0 Å². The van der Waals surface area contributed by atoms with E-state index < -0.39 is 0 Å². The number of aliphatic imine (C=N–C) groups is 1. The molecule has 78 valence electrons. The third-order valence-corrected chi connectivity index (χ3v) is 1.95. The highest BCUT2D eigenvalue weighted by atomic mass is 16.3. The lowest BCUT2D eigenvalue weighted by atomic mass is 10.3. The van der Waals surface area contributed by atoms with Gasteiger partial charge in [0.25, 0.3) is 0 Å². The molecule has 1 saturated carbocycles. The molecular formula is C11H18N2O. The van der Waals surface area contributed by atoms with Gasteiger partial charge in [0.15, 0.2) is 0 Å². The summed E-state index contributed by atoms with van der Waals surface area (Å²) in [7, 11) is 0. The molecule has 0 aromatic heterocycles. The van der Waals surface area contributed by atoms with E-state index in [9.17, 15) is 5.11 Å². The van der Waals surface area contributed by atoms with Crippen LogP contribution in [0, 0.1) is 17.2 Å². The Morgan fingerprint density at radius 1 is 1.36 bits per heavy atom. The van der Waals surface area contributed by atoms with Gasteiger partial charge in [-0.1, -0.05) is 13.8 Å². The van der Waals surface area contributed by atoms with Crippen molar-refractivity contribution in [3.05, 3.63) is 11.5 Å². The largest absolute Gasteiger partial charge is 0.493 e. The predicted molar refractivity (Wildman–Crippen MR) is 58.1 cm³/mol. The molecule has 1 fully saturated rings. The van der Waals surface area contributed by atoms with Crippen LogP contribution in [-0.2, 0) is 0 Å². The Balaban J connectivity index is 0.000000791. The quantitative estimate of drug-likeness (QED) is 0.417. The van der Waals surface area contributed by atoms with Gasteiger partial charge in [-0.25, -0.2) is 4.99 Å². The Bertz CT molecular complexity index is 280. The van der Waals surface area contributed by atoms with Crippen LogP contribution in [0.4, 0.5) is 0 Å². The molecule has 0 atom stereocenters. The minimum Gasteiger partial charge on any atom is -0.493 e. The molecule has 1 aliphatic carbocycles. The summed E-state index contributed by atoms with van der Waals surface area (Å²) in [6.45, 7) is 7.44. The Hall–Kier alpha value is -1.30. The molecule has 0 heterocycles. The average Bonchev–Trinajstić information content (AvgIpc) is 3.02. The van der Waals surface area contributed by atoms with Crippen molar-refractivity contribution < 1.29 is 5.11 Å². The van der Waals surface area contributed by atoms with Gasteiger partial charge >= 0.3 is 0 Å². The maximum Gasteiger partial charge on any atom is 0.224 e. The number of hydrogen-bond donors (Lipinski definition) is 1. The first-order valence-electron chi connectivity index (χ1n) is 5.00. The minimum atomic E-state index is -0.137. The molecule has 3 nitrogen and oxygen atoms in total. The van der Waals surface area contributed by atoms with Crippen LogP contribution in [0.2, 0.25) is 0 Å². The molecule has 0 spiro atoms. The van der Waals surface area contributed by atoms with Gasteiger partial charge in [0.2, 0.25) is 5.88 Å². The summed E-state index contributed by atoms with van der Waals surface area (Å²) in [6, 6.07) is 1.85. The monoisotopic (exact) mass is 194 g/mol. The van der Waals surface area contributed by atoms with Crippen LogP contribution in [0.1, 0.15) is 40.5 Å². The topological polar surface area (TPSA) is 56.4 Å². The smallest absolute Gasteiger partial charge is 0.224 e. The van der Waals surface area contributed by atoms with Gasteiger partial charge in [-0.15, -0.1) is 0 Å². The van der Waals surface area contributed by atoms with Crippen molar-refractivity contribution in [1.29, 1.82) is 5.26 Å². The van der Waals surface area contributed by atoms with E-state index in [0.29, 0.717) is 5.92 Å². The molecule has 0 radical (unpaired) electrons. The second kappa shape index (κ2) is 6.20. The first-order valence-corrected chi connectivity index (χ1v) is 5.00. The molecule has 0 saturated heterocycles. The van der Waals surface area contributed by atoms with E-state index in [-0.39, 0.29) is 11.5 Å². The fourth-order valence-electron chi connectivity index (χ4n) is 0.893. The molecule has 1 aliphatic rings. The average molecular weight is 194 g/mol. The highest BCUT2D eigenvalue weighted by Crippen LogP contribution is 2.30. The van der Waals surface area contributed by atoms with Crippen molar-refractivity contribution in [3.8, 4) is 6.07 Å². The molecule has 0 aromatic rings. The van der Waals surface area contributed by atoms with E-state index in [0.717, 1.165) is 18.6 Å². The second-order valence-corrected chi connectivity index (χ2v) is 3.09. The SMILES string of the molecule is C/C(C#N)=C(O)\N=C(/C)C1CC1.CC. The fourth-order valence-corrected chi connectivity index (χ4v) is 0.893. The van der Waals surface area contributed by atoms with Gasteiger partial charge in [-0.3, -0.25) is 0 Å². The van der Waals surface area contributed by atoms with Crippen LogP contribution in [0.5, 0.6) is 0 Å². The Morgan fingerprint density at radius 2 is 1.86 bits per heavy atom. The van der Waals surface area contributed by atoms with Crippen LogP contribution < -0.4 is 0 Å². The first-order chi connectivity index (χ1) is 6.65. The van der Waals surface area contributed by atoms with Crippen molar-refractivity contribution in [2.45, 2.75) is 40.5 Å². The number of aliphatic hydroxyl groups excluding tert-OH is 1. The summed E-state index contributed by atoms with van der Waals surface area (Å²) in [5, 5.41) is 17.7. The molecule has 0 aromatic carbocycles. The predicted octanol–water partition coefficient (Wildman–Crippen LogP) is 3.20. The molecule has 0 unspecified atom stereocenters. The van der Waals surface area contributed by atoms with Gasteiger partial charge in [0, 0.05) is 5.71 Å². The van der Waals surface area contributed by atoms with Crippen molar-refractivity contribution in [2.75, 3.05) is 0 Å². The maximum atomic E-state index is 9.23. The van der Waals surface area contributed by atoms with E-state index in [1.165, 1.54) is 0 Å². The maximum absolute atomic E-state index is 9.23. The van der Waals surface area contributed by atoms with Crippen molar-refractivity contribution in [3.63, 3.8) is 0 Å². The van der Waals surface area contributed by atoms with E-state index in [1.807, 2.05) is 26.8 Å². The number of hydrogen-bond acceptors (Lipinski definition) is 3. The Labute approximate surface area is 85.8 Å². The summed E-state index contributed by atoms with van der Waals surface area (Å²) in [5.41, 5.74) is 1.21. The fraction of sp³-hybridized carbons (Fsp3) is 0.636. The zero-order valence-electron chi connectivity index (χ0n) is 9.33. The van der Waals surface area contributed by atoms with E-state index in [2.05, 4.69) is 4.99 Å². The summed E-state index contributed by atoms with van der Waals surface area (Å²) in [6.07, 6.45) is 2.32. The Morgan fingerprint density at radius 3 is 2.21 bits per heavy atom. The number of nitrogens with zero attached hydrogens (tertiary/aromatic N) is 2. The number of aliphatic hydroxyl groups is 1. The lowest BCUT2D eigenvalue weighted by Gasteiger charge is -1.96. The molecule has 0 aliphatic heterocycles. The van der Waals surface area contributed by atoms with E-state index in [4.69, 9.17) is 5.26 Å². The molecule has 0 bridgehead atoms. The Kier molecular flexibility index (Phi) is 5.62. The van der Waals surface area contributed by atoms with E-state index >= 15 is 0 Å². The van der Waals surface area contributed by atoms with Crippen molar-refractivity contribution >= 4 is 5.71 Å². The first kappa shape index (κ1) is 12.7. The van der Waals surface area contributed by atoms with E-state index in [1.54, 1.807) is 6.92 Å². The summed E-state index contributed by atoms with van der Waals surface area (Å²) >= 11 is 0. The van der Waals surface area contributed by atoms with Gasteiger partial charge in [0.1, 0.15) is 6.07 Å². The van der Waals surface area contributed by atoms with Crippen LogP contribution in [0.15, 0.2) is 16.4 Å². The normalized spacial score (nSPS) is 17.5. The molecule has 0 amide bonds. The highest BCUT2D eigenvalue weighted by Gasteiger charge is 2.24. The second-order valence-electron chi connectivity index (χ2n) is 3.09. The molecule has 1 N–H and O–H groups in total. The lowest BCUT2D eigenvalue weighted by molar-refractivity contribution is 0.402. The molecule has 3 heteroatoms. The zero-order valence-corrected chi connectivity index (χ0v) is 9.33. The summed E-state index contributed by atoms with van der Waals surface area (Å²) < 4.78 is 0. The standard InChI is InChI=1S/C9H12N2O.C2H6/c1-6(5-10)9(12)11-7(2)8-3-4-8;1-2/h8,12H,3-4H2,1-2H3;1-2H3/b9-6-,11-7+;. The third kappa shape index (κ3) is 4.08. The van der Waals surface area contributed by atoms with Crippen molar-refractivity contribution in [1.82, 2.24) is 0 Å². The summed E-state index contributed by atoms with van der Waals surface area (Å²) in [4.78, 5) is 3.94. The zero-order chi connectivity index (χ0) is 11.1. The molecule has 14 heavy (non-hydrogen) atoms. The lowest BCUT2D eigenvalue weighted by Crippen LogP contribution is -1.95. The highest BCUT2D eigenvalue weighted by molar-refractivity contribution is 5.87. The molecular weight excluding hydrogens is 176 g/mol. The third-order valence-electron chi connectivity index (χ3n) is 1.95. The number of allylic oxidation sites excluding steroid dienone is 1. The van der Waals surface area contributed by atoms with Crippen LogP contribution in [-0.4, -0.2) is 10.8 Å². The number of nitriles is 1. The number of rotatable bonds is 2. The minimum absolute atomic E-state index is 0.137. The summed E-state index contributed by atoms with van der Waals surface area (Å²) in [5.74, 6) is 0.403. The van der Waals surface area contributed by atoms with Gasteiger partial charge < -0.3 is 5.11 Å². The van der Waals surface area contributed by atoms with Gasteiger partial charge in [-0.2, -0.15) is 5.26 Å². The van der Waals surface area contributed by atoms with Crippen molar-refractivity contribution in [2.24, 2.45) is 10.9 Å². The van der Waals surface area contributed by atoms with Crippen LogP contribution in [0.3, 0.4) is 0 Å². The van der Waals surface area contributed by atoms with Gasteiger partial charge in [-0.05, 0) is 32.6 Å².